The number of aromatic nitrogens is 1. The second kappa shape index (κ2) is 6.46. The van der Waals surface area contributed by atoms with Crippen molar-refractivity contribution in [2.75, 3.05) is 11.4 Å². The monoisotopic (exact) mass is 382 g/mol. The summed E-state index contributed by atoms with van der Waals surface area (Å²) >= 11 is 6.05. The van der Waals surface area contributed by atoms with Gasteiger partial charge in [-0.25, -0.2) is 8.42 Å². The van der Waals surface area contributed by atoms with E-state index in [0.717, 1.165) is 17.1 Å². The molecule has 2 aromatic rings. The number of ketones is 1. The molecule has 1 aromatic heterocycles. The van der Waals surface area contributed by atoms with Gasteiger partial charge < -0.3 is 4.52 Å². The maximum atomic E-state index is 13.0. The molecule has 1 fully saturated rings. The highest BCUT2D eigenvalue weighted by Gasteiger charge is 2.34. The number of hydrogen-bond donors (Lipinski definition) is 0. The molecular formula is C17H19ClN2O4S. The van der Waals surface area contributed by atoms with E-state index in [1.165, 1.54) is 25.4 Å². The summed E-state index contributed by atoms with van der Waals surface area (Å²) in [6, 6.07) is 4.59. The molecule has 1 aliphatic carbocycles. The summed E-state index contributed by atoms with van der Waals surface area (Å²) in [6.07, 6.45) is 3.32. The Bertz CT molecular complexity index is 916. The van der Waals surface area contributed by atoms with Crippen LogP contribution in [0.2, 0.25) is 5.02 Å². The number of anilines is 1. The van der Waals surface area contributed by atoms with Gasteiger partial charge in [0.25, 0.3) is 0 Å². The van der Waals surface area contributed by atoms with Crippen molar-refractivity contribution in [3.63, 3.8) is 0 Å². The summed E-state index contributed by atoms with van der Waals surface area (Å²) < 4.78 is 31.4. The standard InChI is InChI=1S/C17H19ClN2O4S/c1-10(2)25(22,23)20(3)15-8-12(18)6-7-13(15)16(21)14-9-19-24-17(14)11-4-5-11/h6-11H,4-5H2,1-3H3. The lowest BCUT2D eigenvalue weighted by Gasteiger charge is -2.24. The van der Waals surface area contributed by atoms with Gasteiger partial charge in [-0.2, -0.15) is 0 Å². The summed E-state index contributed by atoms with van der Waals surface area (Å²) in [5.74, 6) is 0.468. The van der Waals surface area contributed by atoms with Crippen LogP contribution in [0.1, 0.15) is 54.3 Å². The summed E-state index contributed by atoms with van der Waals surface area (Å²) in [5, 5.41) is 3.47. The van der Waals surface area contributed by atoms with E-state index in [-0.39, 0.29) is 23.0 Å². The van der Waals surface area contributed by atoms with Crippen LogP contribution in [0.25, 0.3) is 0 Å². The predicted molar refractivity (Wildman–Crippen MR) is 95.8 cm³/mol. The molecule has 0 spiro atoms. The average Bonchev–Trinajstić information content (AvgIpc) is 3.30. The summed E-state index contributed by atoms with van der Waals surface area (Å²) in [4.78, 5) is 13.0. The molecule has 0 amide bonds. The molecule has 1 heterocycles. The second-order valence-electron chi connectivity index (χ2n) is 6.43. The number of carbonyl (C=O) groups excluding carboxylic acids is 1. The molecule has 134 valence electrons. The van der Waals surface area contributed by atoms with Gasteiger partial charge >= 0.3 is 0 Å². The van der Waals surface area contributed by atoms with Crippen LogP contribution >= 0.6 is 11.6 Å². The molecule has 0 atom stereocenters. The molecule has 1 aromatic carbocycles. The smallest absolute Gasteiger partial charge is 0.237 e. The number of nitrogens with zero attached hydrogens (tertiary/aromatic N) is 2. The minimum absolute atomic E-state index is 0.217. The summed E-state index contributed by atoms with van der Waals surface area (Å²) in [6.45, 7) is 3.17. The van der Waals surface area contributed by atoms with Crippen molar-refractivity contribution in [1.82, 2.24) is 5.16 Å². The summed E-state index contributed by atoms with van der Waals surface area (Å²) in [5.41, 5.74) is 0.872. The van der Waals surface area contributed by atoms with Crippen molar-refractivity contribution in [2.24, 2.45) is 0 Å². The second-order valence-corrected chi connectivity index (χ2v) is 9.39. The Balaban J connectivity index is 2.08. The van der Waals surface area contributed by atoms with Crippen molar-refractivity contribution < 1.29 is 17.7 Å². The first kappa shape index (κ1) is 17.9. The Morgan fingerprint density at radius 2 is 2.00 bits per heavy atom. The number of carbonyl (C=O) groups is 1. The van der Waals surface area contributed by atoms with Gasteiger partial charge in [0, 0.05) is 23.6 Å². The molecular weight excluding hydrogens is 364 g/mol. The van der Waals surface area contributed by atoms with Crippen LogP contribution in [-0.4, -0.2) is 31.7 Å². The van der Waals surface area contributed by atoms with Gasteiger partial charge in [0.2, 0.25) is 10.0 Å². The number of rotatable bonds is 6. The molecule has 25 heavy (non-hydrogen) atoms. The van der Waals surface area contributed by atoms with Gasteiger partial charge in [0.05, 0.1) is 22.7 Å². The molecule has 0 bridgehead atoms. The van der Waals surface area contributed by atoms with Crippen LogP contribution in [0.5, 0.6) is 0 Å². The molecule has 6 nitrogen and oxygen atoms in total. The lowest BCUT2D eigenvalue weighted by Crippen LogP contribution is -2.34. The zero-order valence-corrected chi connectivity index (χ0v) is 15.8. The Morgan fingerprint density at radius 1 is 1.32 bits per heavy atom. The number of sulfonamides is 1. The Labute approximate surface area is 151 Å². The first-order valence-corrected chi connectivity index (χ1v) is 9.88. The van der Waals surface area contributed by atoms with Gasteiger partial charge in [-0.05, 0) is 44.9 Å². The maximum Gasteiger partial charge on any atom is 0.237 e. The molecule has 1 aliphatic rings. The van der Waals surface area contributed by atoms with E-state index >= 15 is 0 Å². The van der Waals surface area contributed by atoms with Crippen LogP contribution in [0.3, 0.4) is 0 Å². The van der Waals surface area contributed by atoms with E-state index in [1.807, 2.05) is 0 Å². The third kappa shape index (κ3) is 3.30. The SMILES string of the molecule is CC(C)S(=O)(=O)N(C)c1cc(Cl)ccc1C(=O)c1cnoc1C1CC1. The normalized spacial score (nSPS) is 14.8. The highest BCUT2D eigenvalue weighted by atomic mass is 35.5. The minimum Gasteiger partial charge on any atom is -0.360 e. The molecule has 0 aliphatic heterocycles. The van der Waals surface area contributed by atoms with Crippen molar-refractivity contribution in [2.45, 2.75) is 37.9 Å². The molecule has 1 saturated carbocycles. The molecule has 0 unspecified atom stereocenters. The average molecular weight is 383 g/mol. The van der Waals surface area contributed by atoms with E-state index in [0.29, 0.717) is 16.3 Å². The third-order valence-corrected chi connectivity index (χ3v) is 6.70. The molecule has 0 saturated heterocycles. The zero-order chi connectivity index (χ0) is 18.4. The number of hydrogen-bond acceptors (Lipinski definition) is 5. The van der Waals surface area contributed by atoms with Crippen molar-refractivity contribution in [3.8, 4) is 0 Å². The Morgan fingerprint density at radius 3 is 2.60 bits per heavy atom. The molecule has 8 heteroatoms. The van der Waals surface area contributed by atoms with Gasteiger partial charge in [-0.15, -0.1) is 0 Å². The third-order valence-electron chi connectivity index (χ3n) is 4.31. The van der Waals surface area contributed by atoms with E-state index in [2.05, 4.69) is 5.16 Å². The van der Waals surface area contributed by atoms with Crippen LogP contribution in [0.15, 0.2) is 28.9 Å². The van der Waals surface area contributed by atoms with E-state index < -0.39 is 15.3 Å². The Kier molecular flexibility index (Phi) is 4.64. The van der Waals surface area contributed by atoms with Gasteiger partial charge in [-0.3, -0.25) is 9.10 Å². The highest BCUT2D eigenvalue weighted by molar-refractivity contribution is 7.93. The fourth-order valence-electron chi connectivity index (χ4n) is 2.61. The summed E-state index contributed by atoms with van der Waals surface area (Å²) in [7, 11) is -2.18. The van der Waals surface area contributed by atoms with Gasteiger partial charge in [-0.1, -0.05) is 16.8 Å². The van der Waals surface area contributed by atoms with Crippen LogP contribution < -0.4 is 4.31 Å². The largest absolute Gasteiger partial charge is 0.360 e. The van der Waals surface area contributed by atoms with Crippen LogP contribution in [0, 0.1) is 0 Å². The van der Waals surface area contributed by atoms with Gasteiger partial charge in [0.15, 0.2) is 11.5 Å². The van der Waals surface area contributed by atoms with Crippen molar-refractivity contribution in [3.05, 3.63) is 46.3 Å². The lowest BCUT2D eigenvalue weighted by molar-refractivity contribution is 0.103. The quantitative estimate of drug-likeness (QED) is 0.713. The van der Waals surface area contributed by atoms with Gasteiger partial charge in [0.1, 0.15) is 0 Å². The van der Waals surface area contributed by atoms with E-state index in [1.54, 1.807) is 19.9 Å². The number of benzene rings is 1. The fraction of sp³-hybridized carbons (Fsp3) is 0.412. The minimum atomic E-state index is -3.60. The van der Waals surface area contributed by atoms with Crippen molar-refractivity contribution in [1.29, 1.82) is 0 Å². The first-order chi connectivity index (χ1) is 11.7. The highest BCUT2D eigenvalue weighted by Crippen LogP contribution is 2.42. The van der Waals surface area contributed by atoms with Crippen LogP contribution in [0.4, 0.5) is 5.69 Å². The zero-order valence-electron chi connectivity index (χ0n) is 14.2. The first-order valence-electron chi connectivity index (χ1n) is 8.00. The number of halogens is 1. The lowest BCUT2D eigenvalue weighted by atomic mass is 10.0. The predicted octanol–water partition coefficient (Wildman–Crippen LogP) is 3.61. The van der Waals surface area contributed by atoms with Crippen molar-refractivity contribution >= 4 is 33.1 Å². The van der Waals surface area contributed by atoms with Crippen LogP contribution in [-0.2, 0) is 10.0 Å². The van der Waals surface area contributed by atoms with E-state index in [4.69, 9.17) is 16.1 Å². The topological polar surface area (TPSA) is 80.5 Å². The maximum absolute atomic E-state index is 13.0. The van der Waals surface area contributed by atoms with E-state index in [9.17, 15) is 13.2 Å². The molecule has 0 radical (unpaired) electrons. The fourth-order valence-corrected chi connectivity index (χ4v) is 3.84. The Hall–Kier alpha value is -1.86. The molecule has 3 rings (SSSR count). The molecule has 0 N–H and O–H groups in total.